The van der Waals surface area contributed by atoms with E-state index in [-0.39, 0.29) is 6.04 Å². The van der Waals surface area contributed by atoms with E-state index >= 15 is 0 Å². The van der Waals surface area contributed by atoms with Gasteiger partial charge in [0.15, 0.2) is 0 Å². The van der Waals surface area contributed by atoms with Gasteiger partial charge in [0.25, 0.3) is 0 Å². The van der Waals surface area contributed by atoms with Gasteiger partial charge < -0.3 is 10.3 Å². The van der Waals surface area contributed by atoms with E-state index in [1.807, 2.05) is 35.8 Å². The summed E-state index contributed by atoms with van der Waals surface area (Å²) in [5, 5.41) is 1.11. The molecule has 18 heavy (non-hydrogen) atoms. The fraction of sp³-hybridized carbons (Fsp3) is 0.143. The minimum atomic E-state index is -0.0444. The second-order valence-electron chi connectivity index (χ2n) is 4.36. The number of nitrogens with two attached hydrogens (primary N) is 1. The van der Waals surface area contributed by atoms with Crippen molar-refractivity contribution >= 4 is 10.9 Å². The monoisotopic (exact) mass is 238 g/mol. The molecule has 0 aliphatic heterocycles. The summed E-state index contributed by atoms with van der Waals surface area (Å²) in [6, 6.07) is 10.1. The van der Waals surface area contributed by atoms with Crippen molar-refractivity contribution in [2.45, 2.75) is 13.0 Å². The lowest BCUT2D eigenvalue weighted by atomic mass is 10.2. The Morgan fingerprint density at radius 1 is 1.28 bits per heavy atom. The third kappa shape index (κ3) is 1.76. The molecule has 3 aromatic rings. The molecular formula is C14H14N4. The van der Waals surface area contributed by atoms with E-state index in [1.54, 1.807) is 18.7 Å². The fourth-order valence-corrected chi connectivity index (χ4v) is 2.07. The summed E-state index contributed by atoms with van der Waals surface area (Å²) in [6.07, 6.45) is 5.39. The van der Waals surface area contributed by atoms with Crippen molar-refractivity contribution in [1.82, 2.24) is 14.5 Å². The Hall–Kier alpha value is -2.20. The van der Waals surface area contributed by atoms with Crippen molar-refractivity contribution in [1.29, 1.82) is 0 Å². The van der Waals surface area contributed by atoms with Gasteiger partial charge >= 0.3 is 0 Å². The van der Waals surface area contributed by atoms with Gasteiger partial charge in [-0.15, -0.1) is 0 Å². The Bertz CT molecular complexity index is 685. The summed E-state index contributed by atoms with van der Waals surface area (Å²) in [6.45, 7) is 1.95. The summed E-state index contributed by atoms with van der Waals surface area (Å²) in [5.74, 6) is 0. The summed E-state index contributed by atoms with van der Waals surface area (Å²) in [5.41, 5.74) is 8.98. The Morgan fingerprint density at radius 3 is 3.00 bits per heavy atom. The molecule has 2 heterocycles. The number of imidazole rings is 1. The third-order valence-electron chi connectivity index (χ3n) is 3.00. The second kappa shape index (κ2) is 4.23. The molecule has 0 aliphatic carbocycles. The molecule has 1 aromatic carbocycles. The van der Waals surface area contributed by atoms with Gasteiger partial charge in [0, 0.05) is 23.3 Å². The molecule has 2 aromatic heterocycles. The number of benzene rings is 1. The molecule has 3 rings (SSSR count). The number of nitrogens with zero attached hydrogens (tertiary/aromatic N) is 3. The van der Waals surface area contributed by atoms with Crippen molar-refractivity contribution in [3.63, 3.8) is 0 Å². The van der Waals surface area contributed by atoms with Crippen LogP contribution in [0.1, 0.15) is 18.7 Å². The molecular weight excluding hydrogens is 224 g/mol. The molecule has 2 N–H and O–H groups in total. The van der Waals surface area contributed by atoms with E-state index in [4.69, 9.17) is 5.73 Å². The molecule has 0 spiro atoms. The van der Waals surface area contributed by atoms with Crippen molar-refractivity contribution in [2.75, 3.05) is 0 Å². The molecule has 0 fully saturated rings. The highest BCUT2D eigenvalue weighted by Crippen LogP contribution is 2.20. The van der Waals surface area contributed by atoms with Crippen LogP contribution in [0.15, 0.2) is 49.1 Å². The zero-order valence-corrected chi connectivity index (χ0v) is 10.1. The number of hydrogen-bond donors (Lipinski definition) is 1. The van der Waals surface area contributed by atoms with E-state index in [0.29, 0.717) is 0 Å². The van der Waals surface area contributed by atoms with Crippen LogP contribution in [0.4, 0.5) is 0 Å². The van der Waals surface area contributed by atoms with Crippen LogP contribution in [0.3, 0.4) is 0 Å². The van der Waals surface area contributed by atoms with Crippen LogP contribution in [0.25, 0.3) is 16.6 Å². The lowest BCUT2D eigenvalue weighted by molar-refractivity contribution is 0.753. The standard InChI is InChI=1S/C14H14N4/c1-10(15)14-8-16-9-18(14)12-4-5-13-11(7-12)3-2-6-17-13/h2-10H,15H2,1H3/t10-/m1/s1. The van der Waals surface area contributed by atoms with Crippen LogP contribution < -0.4 is 5.73 Å². The average Bonchev–Trinajstić information content (AvgIpc) is 2.87. The highest BCUT2D eigenvalue weighted by molar-refractivity contribution is 5.80. The largest absolute Gasteiger partial charge is 0.323 e. The van der Waals surface area contributed by atoms with Gasteiger partial charge in [-0.05, 0) is 31.2 Å². The molecule has 0 radical (unpaired) electrons. The van der Waals surface area contributed by atoms with E-state index < -0.39 is 0 Å². The zero-order chi connectivity index (χ0) is 12.5. The molecule has 0 aliphatic rings. The number of rotatable bonds is 2. The van der Waals surface area contributed by atoms with Gasteiger partial charge in [-0.3, -0.25) is 4.98 Å². The number of aromatic nitrogens is 3. The van der Waals surface area contributed by atoms with Crippen LogP contribution in [0, 0.1) is 0 Å². The molecule has 0 saturated carbocycles. The van der Waals surface area contributed by atoms with Crippen LogP contribution >= 0.6 is 0 Å². The molecule has 0 saturated heterocycles. The van der Waals surface area contributed by atoms with Gasteiger partial charge in [0.05, 0.1) is 23.7 Å². The van der Waals surface area contributed by atoms with Crippen molar-refractivity contribution in [2.24, 2.45) is 5.73 Å². The highest BCUT2D eigenvalue weighted by Gasteiger charge is 2.08. The molecule has 4 nitrogen and oxygen atoms in total. The topological polar surface area (TPSA) is 56.7 Å². The van der Waals surface area contributed by atoms with E-state index in [0.717, 1.165) is 22.3 Å². The maximum Gasteiger partial charge on any atom is 0.0994 e. The Labute approximate surface area is 105 Å². The minimum absolute atomic E-state index is 0.0444. The van der Waals surface area contributed by atoms with Gasteiger partial charge in [-0.1, -0.05) is 6.07 Å². The average molecular weight is 238 g/mol. The predicted octanol–water partition coefficient (Wildman–Crippen LogP) is 2.44. The van der Waals surface area contributed by atoms with Gasteiger partial charge in [-0.2, -0.15) is 0 Å². The number of fused-ring (bicyclic) bond motifs is 1. The third-order valence-corrected chi connectivity index (χ3v) is 3.00. The van der Waals surface area contributed by atoms with Crippen LogP contribution in [0.5, 0.6) is 0 Å². The van der Waals surface area contributed by atoms with E-state index in [1.165, 1.54) is 0 Å². The first-order valence-electron chi connectivity index (χ1n) is 5.89. The maximum atomic E-state index is 5.94. The molecule has 0 bridgehead atoms. The molecule has 90 valence electrons. The van der Waals surface area contributed by atoms with E-state index in [2.05, 4.69) is 16.0 Å². The Morgan fingerprint density at radius 2 is 2.17 bits per heavy atom. The van der Waals surface area contributed by atoms with Crippen LogP contribution in [0.2, 0.25) is 0 Å². The van der Waals surface area contributed by atoms with Gasteiger partial charge in [0.2, 0.25) is 0 Å². The summed E-state index contributed by atoms with van der Waals surface area (Å²) < 4.78 is 2.01. The highest BCUT2D eigenvalue weighted by atomic mass is 15.1. The van der Waals surface area contributed by atoms with Gasteiger partial charge in [-0.25, -0.2) is 4.98 Å². The molecule has 4 heteroatoms. The quantitative estimate of drug-likeness (QED) is 0.746. The van der Waals surface area contributed by atoms with Crippen molar-refractivity contribution in [3.05, 3.63) is 54.7 Å². The number of pyridine rings is 1. The summed E-state index contributed by atoms with van der Waals surface area (Å²) >= 11 is 0. The van der Waals surface area contributed by atoms with Crippen LogP contribution in [-0.2, 0) is 0 Å². The smallest absolute Gasteiger partial charge is 0.0994 e. The predicted molar refractivity (Wildman–Crippen MR) is 71.5 cm³/mol. The first-order valence-corrected chi connectivity index (χ1v) is 5.89. The molecule has 0 amide bonds. The fourth-order valence-electron chi connectivity index (χ4n) is 2.07. The van der Waals surface area contributed by atoms with Gasteiger partial charge in [0.1, 0.15) is 0 Å². The van der Waals surface area contributed by atoms with Crippen LogP contribution in [-0.4, -0.2) is 14.5 Å². The van der Waals surface area contributed by atoms with Crippen molar-refractivity contribution < 1.29 is 0 Å². The first-order chi connectivity index (χ1) is 8.75. The normalized spacial score (nSPS) is 12.8. The lowest BCUT2D eigenvalue weighted by Gasteiger charge is -2.11. The molecule has 1 atom stereocenters. The SMILES string of the molecule is C[C@@H](N)c1cncn1-c1ccc2ncccc2c1. The van der Waals surface area contributed by atoms with Crippen molar-refractivity contribution in [3.8, 4) is 5.69 Å². The maximum absolute atomic E-state index is 5.94. The summed E-state index contributed by atoms with van der Waals surface area (Å²) in [4.78, 5) is 8.48. The Kier molecular flexibility index (Phi) is 2.57. The lowest BCUT2D eigenvalue weighted by Crippen LogP contribution is -2.10. The minimum Gasteiger partial charge on any atom is -0.323 e. The zero-order valence-electron chi connectivity index (χ0n) is 10.1. The first kappa shape index (κ1) is 10.9. The molecule has 0 unspecified atom stereocenters. The Balaban J connectivity index is 2.16. The number of hydrogen-bond acceptors (Lipinski definition) is 3. The van der Waals surface area contributed by atoms with E-state index in [9.17, 15) is 0 Å². The second-order valence-corrected chi connectivity index (χ2v) is 4.36. The summed E-state index contributed by atoms with van der Waals surface area (Å²) in [7, 11) is 0.